The quantitative estimate of drug-likeness (QED) is 0.895. The van der Waals surface area contributed by atoms with Gasteiger partial charge in [-0.3, -0.25) is 4.79 Å². The third-order valence-corrected chi connectivity index (χ3v) is 5.22. The van der Waals surface area contributed by atoms with E-state index in [-0.39, 0.29) is 5.91 Å². The van der Waals surface area contributed by atoms with Gasteiger partial charge in [-0.05, 0) is 43.0 Å². The van der Waals surface area contributed by atoms with Crippen LogP contribution in [-0.4, -0.2) is 19.0 Å². The lowest BCUT2D eigenvalue weighted by molar-refractivity contribution is -0.923. The fraction of sp³-hybridized carbons (Fsp3) is 0.353. The minimum absolute atomic E-state index is 0.0983. The van der Waals surface area contributed by atoms with E-state index in [1.165, 1.54) is 15.3 Å². The normalized spacial score (nSPS) is 20.9. The summed E-state index contributed by atoms with van der Waals surface area (Å²) >= 11 is 1.84. The van der Waals surface area contributed by atoms with Crippen molar-refractivity contribution in [3.8, 4) is 0 Å². The fourth-order valence-electron chi connectivity index (χ4n) is 3.03. The highest BCUT2D eigenvalue weighted by molar-refractivity contribution is 7.10. The summed E-state index contributed by atoms with van der Waals surface area (Å²) in [5.74, 6) is 0.0983. The van der Waals surface area contributed by atoms with Gasteiger partial charge in [-0.15, -0.1) is 11.3 Å². The van der Waals surface area contributed by atoms with E-state index in [2.05, 4.69) is 23.7 Å². The second-order valence-electron chi connectivity index (χ2n) is 5.77. The lowest BCUT2D eigenvalue weighted by Gasteiger charge is -2.29. The first-order chi connectivity index (χ1) is 10.1. The number of benzene rings is 1. The number of hydrogen-bond acceptors (Lipinski definition) is 2. The smallest absolute Gasteiger partial charge is 0.279 e. The summed E-state index contributed by atoms with van der Waals surface area (Å²) in [7, 11) is 0. The number of carbonyl (C=O) groups excluding carboxylic acids is 1. The summed E-state index contributed by atoms with van der Waals surface area (Å²) in [6.45, 7) is 5.83. The van der Waals surface area contributed by atoms with Gasteiger partial charge in [-0.1, -0.05) is 12.1 Å². The molecular formula is C17H21N2OS+. The van der Waals surface area contributed by atoms with Crippen LogP contribution in [-0.2, 0) is 11.2 Å². The molecule has 0 aliphatic carbocycles. The third-order valence-electron chi connectivity index (χ3n) is 4.22. The number of thiophene rings is 1. The lowest BCUT2D eigenvalue weighted by atomic mass is 10.0. The molecule has 110 valence electrons. The fourth-order valence-corrected chi connectivity index (χ4v) is 4.01. The second-order valence-corrected chi connectivity index (χ2v) is 6.77. The van der Waals surface area contributed by atoms with Gasteiger partial charge in [-0.2, -0.15) is 0 Å². The van der Waals surface area contributed by atoms with Crippen LogP contribution in [0.2, 0.25) is 0 Å². The maximum absolute atomic E-state index is 12.3. The van der Waals surface area contributed by atoms with Crippen molar-refractivity contribution >= 4 is 22.9 Å². The van der Waals surface area contributed by atoms with Crippen LogP contribution in [0.1, 0.15) is 29.0 Å². The first kappa shape index (κ1) is 14.3. The molecule has 21 heavy (non-hydrogen) atoms. The van der Waals surface area contributed by atoms with E-state index in [4.69, 9.17) is 0 Å². The van der Waals surface area contributed by atoms with Gasteiger partial charge in [0.25, 0.3) is 5.91 Å². The third kappa shape index (κ3) is 3.17. The number of nitrogens with one attached hydrogen (secondary N) is 2. The van der Waals surface area contributed by atoms with Crippen LogP contribution >= 0.6 is 11.3 Å². The van der Waals surface area contributed by atoms with Crippen LogP contribution in [0.15, 0.2) is 35.7 Å². The van der Waals surface area contributed by atoms with E-state index in [1.807, 2.05) is 42.5 Å². The van der Waals surface area contributed by atoms with E-state index in [0.717, 1.165) is 24.2 Å². The second kappa shape index (κ2) is 6.00. The molecule has 1 amide bonds. The molecule has 4 heteroatoms. The SMILES string of the molecule is Cc1cccc(NC(=O)C[NH+]2CCc3sccc3[C@H]2C)c1. The maximum Gasteiger partial charge on any atom is 0.279 e. The van der Waals surface area contributed by atoms with Gasteiger partial charge in [0.1, 0.15) is 6.04 Å². The standard InChI is InChI=1S/C17H20N2OS/c1-12-4-3-5-14(10-12)18-17(20)11-19-8-6-16-15(13(19)2)7-9-21-16/h3-5,7,9-10,13H,6,8,11H2,1-2H3,(H,18,20)/p+1/t13-/m1/s1. The molecule has 3 nitrogen and oxygen atoms in total. The zero-order valence-corrected chi connectivity index (χ0v) is 13.3. The van der Waals surface area contributed by atoms with Gasteiger partial charge in [0.05, 0.1) is 6.54 Å². The average molecular weight is 301 g/mol. The summed E-state index contributed by atoms with van der Waals surface area (Å²) < 4.78 is 0. The molecule has 1 aliphatic heterocycles. The van der Waals surface area contributed by atoms with Crippen molar-refractivity contribution in [1.29, 1.82) is 0 Å². The number of carbonyl (C=O) groups is 1. The molecule has 0 bridgehead atoms. The number of amides is 1. The minimum Gasteiger partial charge on any atom is -0.321 e. The van der Waals surface area contributed by atoms with E-state index >= 15 is 0 Å². The average Bonchev–Trinajstić information content (AvgIpc) is 2.91. The molecular weight excluding hydrogens is 280 g/mol. The van der Waals surface area contributed by atoms with E-state index < -0.39 is 0 Å². The summed E-state index contributed by atoms with van der Waals surface area (Å²) in [6.07, 6.45) is 1.09. The number of rotatable bonds is 3. The Morgan fingerprint density at radius 2 is 2.29 bits per heavy atom. The van der Waals surface area contributed by atoms with Crippen molar-refractivity contribution in [2.24, 2.45) is 0 Å². The molecule has 1 aromatic heterocycles. The van der Waals surface area contributed by atoms with Gasteiger partial charge >= 0.3 is 0 Å². The van der Waals surface area contributed by atoms with Crippen LogP contribution in [0.4, 0.5) is 5.69 Å². The number of anilines is 1. The van der Waals surface area contributed by atoms with Gasteiger partial charge in [0.15, 0.2) is 6.54 Å². The Hall–Kier alpha value is -1.65. The highest BCUT2D eigenvalue weighted by atomic mass is 32.1. The summed E-state index contributed by atoms with van der Waals surface area (Å²) in [4.78, 5) is 15.1. The predicted octanol–water partition coefficient (Wildman–Crippen LogP) is 2.20. The Labute approximate surface area is 129 Å². The maximum atomic E-state index is 12.3. The largest absolute Gasteiger partial charge is 0.321 e. The van der Waals surface area contributed by atoms with Gasteiger partial charge in [0, 0.05) is 22.5 Å². The molecule has 2 N–H and O–H groups in total. The van der Waals surface area contributed by atoms with Crippen LogP contribution in [0.3, 0.4) is 0 Å². The van der Waals surface area contributed by atoms with Crippen molar-refractivity contribution in [3.05, 3.63) is 51.7 Å². The molecule has 0 saturated carbocycles. The molecule has 0 saturated heterocycles. The monoisotopic (exact) mass is 301 g/mol. The van der Waals surface area contributed by atoms with E-state index in [0.29, 0.717) is 12.6 Å². The minimum atomic E-state index is 0.0983. The molecule has 0 fully saturated rings. The first-order valence-corrected chi connectivity index (χ1v) is 8.29. The summed E-state index contributed by atoms with van der Waals surface area (Å²) in [5, 5.41) is 5.17. The van der Waals surface area contributed by atoms with Crippen molar-refractivity contribution in [2.75, 3.05) is 18.4 Å². The number of fused-ring (bicyclic) bond motifs is 1. The Morgan fingerprint density at radius 1 is 1.43 bits per heavy atom. The highest BCUT2D eigenvalue weighted by Gasteiger charge is 2.29. The molecule has 3 rings (SSSR count). The zero-order chi connectivity index (χ0) is 14.8. The van der Waals surface area contributed by atoms with E-state index in [9.17, 15) is 4.79 Å². The predicted molar refractivity (Wildman–Crippen MR) is 86.9 cm³/mol. The Balaban J connectivity index is 1.63. The van der Waals surface area contributed by atoms with Crippen molar-refractivity contribution in [3.63, 3.8) is 0 Å². The van der Waals surface area contributed by atoms with Crippen molar-refractivity contribution in [1.82, 2.24) is 0 Å². The summed E-state index contributed by atoms with van der Waals surface area (Å²) in [5.41, 5.74) is 3.47. The van der Waals surface area contributed by atoms with Gasteiger partial charge < -0.3 is 10.2 Å². The molecule has 1 aliphatic rings. The molecule has 2 aromatic rings. The molecule has 0 radical (unpaired) electrons. The van der Waals surface area contributed by atoms with Gasteiger partial charge in [-0.25, -0.2) is 0 Å². The molecule has 1 unspecified atom stereocenters. The van der Waals surface area contributed by atoms with E-state index in [1.54, 1.807) is 0 Å². The Kier molecular flexibility index (Phi) is 4.08. The van der Waals surface area contributed by atoms with Crippen LogP contribution in [0, 0.1) is 6.92 Å². The molecule has 0 spiro atoms. The molecule has 1 aromatic carbocycles. The van der Waals surface area contributed by atoms with Crippen molar-refractivity contribution < 1.29 is 9.69 Å². The first-order valence-electron chi connectivity index (χ1n) is 7.41. The zero-order valence-electron chi connectivity index (χ0n) is 12.5. The van der Waals surface area contributed by atoms with Crippen LogP contribution in [0.25, 0.3) is 0 Å². The lowest BCUT2D eigenvalue weighted by Crippen LogP contribution is -3.14. The molecule has 2 heterocycles. The van der Waals surface area contributed by atoms with Crippen LogP contribution < -0.4 is 10.2 Å². The highest BCUT2D eigenvalue weighted by Crippen LogP contribution is 2.24. The molecule has 2 atom stereocenters. The Bertz CT molecular complexity index is 650. The van der Waals surface area contributed by atoms with Gasteiger partial charge in [0.2, 0.25) is 0 Å². The van der Waals surface area contributed by atoms with Crippen LogP contribution in [0.5, 0.6) is 0 Å². The topological polar surface area (TPSA) is 33.5 Å². The summed E-state index contributed by atoms with van der Waals surface area (Å²) in [6, 6.07) is 10.6. The number of hydrogen-bond donors (Lipinski definition) is 2. The Morgan fingerprint density at radius 3 is 3.10 bits per heavy atom. The van der Waals surface area contributed by atoms with Crippen molar-refractivity contribution in [2.45, 2.75) is 26.3 Å². The number of quaternary nitrogens is 1. The number of aryl methyl sites for hydroxylation is 1.